The first kappa shape index (κ1) is 12.7. The Morgan fingerprint density at radius 3 is 2.70 bits per heavy atom. The van der Waals surface area contributed by atoms with Gasteiger partial charge in [-0.05, 0) is 12.1 Å². The van der Waals surface area contributed by atoms with Crippen LogP contribution in [0, 0.1) is 0 Å². The maximum absolute atomic E-state index is 13.1. The van der Waals surface area contributed by atoms with Gasteiger partial charge < -0.3 is 9.52 Å². The number of rotatable bonds is 1. The number of azo groups is 1. The molecule has 2 aliphatic heterocycles. The molecule has 9 heteroatoms. The maximum atomic E-state index is 13.1. The summed E-state index contributed by atoms with van der Waals surface area (Å²) in [6.45, 7) is 0. The third kappa shape index (κ3) is 1.63. The fourth-order valence-electron chi connectivity index (χ4n) is 2.05. The molecule has 1 amide bonds. The number of fused-ring (bicyclic) bond motifs is 1. The normalized spacial score (nSPS) is 26.0. The topological polar surface area (TPSA) is 87.5 Å². The molecule has 0 fully saturated rings. The molecule has 0 aromatic carbocycles. The van der Waals surface area contributed by atoms with E-state index in [0.717, 1.165) is 0 Å². The number of hydrogen-bond donors (Lipinski definition) is 1. The summed E-state index contributed by atoms with van der Waals surface area (Å²) >= 11 is 0. The highest BCUT2D eigenvalue weighted by Gasteiger charge is 2.62. The minimum absolute atomic E-state index is 0.00553. The number of nitrogens with zero attached hydrogens (tertiary/aromatic N) is 3. The lowest BCUT2D eigenvalue weighted by Crippen LogP contribution is -2.52. The van der Waals surface area contributed by atoms with Gasteiger partial charge in [0.25, 0.3) is 5.91 Å². The summed E-state index contributed by atoms with van der Waals surface area (Å²) in [6.07, 6.45) is -5.02. The number of amides is 1. The molecule has 0 saturated carbocycles. The zero-order valence-corrected chi connectivity index (χ0v) is 9.68. The van der Waals surface area contributed by atoms with E-state index < -0.39 is 35.5 Å². The van der Waals surface area contributed by atoms with Crippen molar-refractivity contribution in [1.29, 1.82) is 0 Å². The monoisotopic (exact) mass is 285 g/mol. The number of furan rings is 1. The fraction of sp³-hybridized carbons (Fsp3) is 0.273. The van der Waals surface area contributed by atoms with E-state index in [1.54, 1.807) is 0 Å². The molecule has 104 valence electrons. The first-order valence-corrected chi connectivity index (χ1v) is 5.44. The Morgan fingerprint density at radius 1 is 1.35 bits per heavy atom. The van der Waals surface area contributed by atoms with Crippen molar-refractivity contribution in [1.82, 2.24) is 0 Å². The van der Waals surface area contributed by atoms with Crippen LogP contribution in [0.1, 0.15) is 12.2 Å². The van der Waals surface area contributed by atoms with Crippen molar-refractivity contribution < 1.29 is 27.5 Å². The van der Waals surface area contributed by atoms with Gasteiger partial charge in [-0.3, -0.25) is 4.79 Å². The number of carbonyl (C=O) groups is 1. The Kier molecular flexibility index (Phi) is 2.45. The van der Waals surface area contributed by atoms with E-state index in [-0.39, 0.29) is 11.5 Å². The molecule has 3 rings (SSSR count). The summed E-state index contributed by atoms with van der Waals surface area (Å²) in [5.41, 5.74) is -4.30. The van der Waals surface area contributed by atoms with Crippen LogP contribution in [0.2, 0.25) is 0 Å². The van der Waals surface area contributed by atoms with Gasteiger partial charge in [-0.1, -0.05) is 0 Å². The maximum Gasteiger partial charge on any atom is 0.422 e. The smallest absolute Gasteiger partial charge is 0.422 e. The van der Waals surface area contributed by atoms with E-state index in [2.05, 4.69) is 15.2 Å². The minimum Gasteiger partial charge on any atom is -0.463 e. The third-order valence-corrected chi connectivity index (χ3v) is 2.98. The van der Waals surface area contributed by atoms with Crippen molar-refractivity contribution in [3.63, 3.8) is 0 Å². The SMILES string of the molecule is O=C1CC(O)(C(F)(F)F)C2=C(c3ccco3)N=NC2=N1. The van der Waals surface area contributed by atoms with Crippen molar-refractivity contribution in [3.8, 4) is 0 Å². The average molecular weight is 285 g/mol. The van der Waals surface area contributed by atoms with Crippen LogP contribution in [0.4, 0.5) is 13.2 Å². The van der Waals surface area contributed by atoms with E-state index in [1.165, 1.54) is 18.4 Å². The Bertz CT molecular complexity index is 673. The van der Waals surface area contributed by atoms with Crippen molar-refractivity contribution >= 4 is 17.4 Å². The number of halogens is 3. The van der Waals surface area contributed by atoms with E-state index in [9.17, 15) is 23.1 Å². The Morgan fingerprint density at radius 2 is 2.10 bits per heavy atom. The van der Waals surface area contributed by atoms with Crippen molar-refractivity contribution in [2.24, 2.45) is 15.2 Å². The molecule has 3 heterocycles. The molecule has 0 spiro atoms. The van der Waals surface area contributed by atoms with Gasteiger partial charge >= 0.3 is 6.18 Å². The van der Waals surface area contributed by atoms with Crippen molar-refractivity contribution in [2.75, 3.05) is 0 Å². The summed E-state index contributed by atoms with van der Waals surface area (Å²) in [5.74, 6) is -1.64. The molecule has 20 heavy (non-hydrogen) atoms. The summed E-state index contributed by atoms with van der Waals surface area (Å²) in [5, 5.41) is 16.9. The third-order valence-electron chi connectivity index (χ3n) is 2.98. The lowest BCUT2D eigenvalue weighted by atomic mass is 9.84. The Labute approximate surface area is 109 Å². The standard InChI is InChI=1S/C11H6F3N3O3/c12-11(13,14)10(19)4-6(18)15-9-7(10)8(16-17-9)5-2-1-3-20-5/h1-3,19H,4H2. The number of alkyl halides is 3. The zero-order chi connectivity index (χ0) is 14.5. The van der Waals surface area contributed by atoms with Crippen LogP contribution in [-0.2, 0) is 4.79 Å². The molecule has 0 saturated heterocycles. The summed E-state index contributed by atoms with van der Waals surface area (Å²) in [4.78, 5) is 14.6. The van der Waals surface area contributed by atoms with Crippen LogP contribution in [-0.4, -0.2) is 28.6 Å². The van der Waals surface area contributed by atoms with E-state index >= 15 is 0 Å². The molecule has 1 aromatic heterocycles. The van der Waals surface area contributed by atoms with Gasteiger partial charge in [0.2, 0.25) is 5.60 Å². The summed E-state index contributed by atoms with van der Waals surface area (Å²) in [7, 11) is 0. The van der Waals surface area contributed by atoms with E-state index in [1.807, 2.05) is 0 Å². The van der Waals surface area contributed by atoms with Crippen molar-refractivity contribution in [3.05, 3.63) is 29.7 Å². The first-order valence-electron chi connectivity index (χ1n) is 5.44. The molecule has 6 nitrogen and oxygen atoms in total. The average Bonchev–Trinajstić information content (AvgIpc) is 2.93. The molecular formula is C11H6F3N3O3. The molecule has 1 atom stereocenters. The highest BCUT2D eigenvalue weighted by molar-refractivity contribution is 6.15. The van der Waals surface area contributed by atoms with Gasteiger partial charge in [-0.2, -0.15) is 18.2 Å². The molecule has 2 aliphatic rings. The predicted molar refractivity (Wildman–Crippen MR) is 58.5 cm³/mol. The molecule has 0 bridgehead atoms. The highest BCUT2D eigenvalue weighted by Crippen LogP contribution is 2.47. The molecule has 1 unspecified atom stereocenters. The number of hydrogen-bond acceptors (Lipinski definition) is 5. The van der Waals surface area contributed by atoms with Crippen LogP contribution >= 0.6 is 0 Å². The lowest BCUT2D eigenvalue weighted by molar-refractivity contribution is -0.243. The van der Waals surface area contributed by atoms with Gasteiger partial charge in [0.15, 0.2) is 11.6 Å². The number of aliphatic hydroxyl groups is 1. The molecule has 1 N–H and O–H groups in total. The first-order chi connectivity index (χ1) is 9.33. The predicted octanol–water partition coefficient (Wildman–Crippen LogP) is 2.08. The minimum atomic E-state index is -5.06. The molecule has 0 aliphatic carbocycles. The quantitative estimate of drug-likeness (QED) is 0.856. The second-order valence-electron chi connectivity index (χ2n) is 4.26. The number of aliphatic imine (C=N–C) groups is 1. The van der Waals surface area contributed by atoms with Gasteiger partial charge in [-0.15, -0.1) is 10.2 Å². The van der Waals surface area contributed by atoms with Gasteiger partial charge in [0, 0.05) is 0 Å². The summed E-state index contributed by atoms with van der Waals surface area (Å²) in [6, 6.07) is 2.83. The highest BCUT2D eigenvalue weighted by atomic mass is 19.4. The van der Waals surface area contributed by atoms with Gasteiger partial charge in [0.05, 0.1) is 18.3 Å². The van der Waals surface area contributed by atoms with Crippen LogP contribution in [0.5, 0.6) is 0 Å². The number of carbonyl (C=O) groups excluding carboxylic acids is 1. The molecule has 1 aromatic rings. The zero-order valence-electron chi connectivity index (χ0n) is 9.68. The van der Waals surface area contributed by atoms with Crippen LogP contribution < -0.4 is 0 Å². The van der Waals surface area contributed by atoms with Gasteiger partial charge in [0.1, 0.15) is 5.70 Å². The van der Waals surface area contributed by atoms with E-state index in [0.29, 0.717) is 0 Å². The number of amidine groups is 1. The largest absolute Gasteiger partial charge is 0.463 e. The lowest BCUT2D eigenvalue weighted by Gasteiger charge is -2.32. The van der Waals surface area contributed by atoms with Crippen LogP contribution in [0.15, 0.2) is 43.6 Å². The van der Waals surface area contributed by atoms with E-state index in [4.69, 9.17) is 4.42 Å². The van der Waals surface area contributed by atoms with Crippen molar-refractivity contribution in [2.45, 2.75) is 18.2 Å². The fourth-order valence-corrected chi connectivity index (χ4v) is 2.05. The second-order valence-corrected chi connectivity index (χ2v) is 4.26. The van der Waals surface area contributed by atoms with Crippen LogP contribution in [0.25, 0.3) is 5.70 Å². The second kappa shape index (κ2) is 3.85. The Balaban J connectivity index is 2.26. The Hall–Kier alpha value is -2.29. The summed E-state index contributed by atoms with van der Waals surface area (Å²) < 4.78 is 44.4. The molecule has 0 radical (unpaired) electrons. The van der Waals surface area contributed by atoms with Crippen LogP contribution in [0.3, 0.4) is 0 Å². The molecular weight excluding hydrogens is 279 g/mol. The van der Waals surface area contributed by atoms with Gasteiger partial charge in [-0.25, -0.2) is 0 Å².